The molecule has 20 heavy (non-hydrogen) atoms. The fraction of sp³-hybridized carbons (Fsp3) is 0.941. The predicted octanol–water partition coefficient (Wildman–Crippen LogP) is 3.29. The maximum absolute atomic E-state index is 13.1. The summed E-state index contributed by atoms with van der Waals surface area (Å²) in [5, 5.41) is 3.76. The van der Waals surface area contributed by atoms with Crippen LogP contribution in [0.15, 0.2) is 0 Å². The predicted molar refractivity (Wildman–Crippen MR) is 81.2 cm³/mol. The average molecular weight is 278 g/mol. The van der Waals surface area contributed by atoms with E-state index in [-0.39, 0.29) is 5.54 Å². The Morgan fingerprint density at radius 3 is 2.50 bits per heavy atom. The molecule has 0 aromatic rings. The monoisotopic (exact) mass is 278 g/mol. The largest absolute Gasteiger partial charge is 0.322 e. The fourth-order valence-electron chi connectivity index (χ4n) is 4.77. The highest BCUT2D eigenvalue weighted by molar-refractivity contribution is 5.89. The van der Waals surface area contributed by atoms with Crippen LogP contribution >= 0.6 is 0 Å². The molecule has 0 aromatic carbocycles. The number of hydrogen-bond donors (Lipinski definition) is 1. The van der Waals surface area contributed by atoms with Crippen molar-refractivity contribution in [3.8, 4) is 0 Å². The van der Waals surface area contributed by atoms with Crippen LogP contribution in [0.4, 0.5) is 0 Å². The number of carbonyl (C=O) groups excluding carboxylic acids is 1. The van der Waals surface area contributed by atoms with Gasteiger partial charge in [0.05, 0.1) is 11.7 Å². The molecular weight excluding hydrogens is 248 g/mol. The molecule has 3 rings (SSSR count). The molecular formula is C17H30N2O. The summed E-state index contributed by atoms with van der Waals surface area (Å²) in [6, 6.07) is 0.474. The van der Waals surface area contributed by atoms with E-state index in [1.165, 1.54) is 25.7 Å². The minimum Gasteiger partial charge on any atom is -0.322 e. The minimum atomic E-state index is -0.189. The fourth-order valence-corrected chi connectivity index (χ4v) is 4.77. The van der Waals surface area contributed by atoms with Crippen LogP contribution < -0.4 is 5.32 Å². The normalized spacial score (nSPS) is 40.1. The lowest BCUT2D eigenvalue weighted by Gasteiger charge is -2.33. The van der Waals surface area contributed by atoms with Crippen LogP contribution in [0.1, 0.15) is 72.1 Å². The van der Waals surface area contributed by atoms with E-state index in [4.69, 9.17) is 0 Å². The summed E-state index contributed by atoms with van der Waals surface area (Å²) >= 11 is 0. The van der Waals surface area contributed by atoms with Crippen LogP contribution in [-0.4, -0.2) is 28.6 Å². The van der Waals surface area contributed by atoms with Crippen LogP contribution in [0.25, 0.3) is 0 Å². The highest BCUT2D eigenvalue weighted by atomic mass is 16.2. The van der Waals surface area contributed by atoms with Gasteiger partial charge in [0.25, 0.3) is 0 Å². The van der Waals surface area contributed by atoms with Crippen molar-refractivity contribution < 1.29 is 4.79 Å². The van der Waals surface area contributed by atoms with Gasteiger partial charge >= 0.3 is 0 Å². The number of hydrogen-bond acceptors (Lipinski definition) is 2. The first-order valence-corrected chi connectivity index (χ1v) is 8.69. The Balaban J connectivity index is 1.84. The number of amides is 1. The third-order valence-corrected chi connectivity index (χ3v) is 6.22. The molecule has 2 aliphatic carbocycles. The smallest absolute Gasteiger partial charge is 0.244 e. The lowest BCUT2D eigenvalue weighted by atomic mass is 9.94. The molecule has 3 aliphatic rings. The number of carbonyl (C=O) groups is 1. The van der Waals surface area contributed by atoms with Crippen LogP contribution in [0.2, 0.25) is 0 Å². The van der Waals surface area contributed by atoms with Crippen LogP contribution in [0.3, 0.4) is 0 Å². The molecule has 3 heteroatoms. The second-order valence-electron chi connectivity index (χ2n) is 7.43. The molecule has 1 amide bonds. The van der Waals surface area contributed by atoms with Gasteiger partial charge in [-0.25, -0.2) is 0 Å². The standard InChI is InChI=1S/C17H30N2O/c1-4-7-15-18-17(10-5-6-11-17)16(20)19(15)14-9-8-12(2)13(14)3/h12-15,18H,4-11H2,1-3H3. The van der Waals surface area contributed by atoms with E-state index in [0.717, 1.165) is 31.6 Å². The van der Waals surface area contributed by atoms with Crippen molar-refractivity contribution >= 4 is 5.91 Å². The molecule has 0 bridgehead atoms. The number of nitrogens with zero attached hydrogens (tertiary/aromatic N) is 1. The van der Waals surface area contributed by atoms with Gasteiger partial charge in [0, 0.05) is 6.04 Å². The van der Waals surface area contributed by atoms with Crippen molar-refractivity contribution in [2.45, 2.75) is 89.9 Å². The molecule has 1 spiro atoms. The van der Waals surface area contributed by atoms with Gasteiger partial charge in [0.1, 0.15) is 0 Å². The summed E-state index contributed by atoms with van der Waals surface area (Å²) < 4.78 is 0. The lowest BCUT2D eigenvalue weighted by Crippen LogP contribution is -2.47. The maximum atomic E-state index is 13.1. The number of nitrogens with one attached hydrogen (secondary N) is 1. The summed E-state index contributed by atoms with van der Waals surface area (Å²) in [5.41, 5.74) is -0.189. The maximum Gasteiger partial charge on any atom is 0.244 e. The van der Waals surface area contributed by atoms with E-state index in [1.807, 2.05) is 0 Å². The van der Waals surface area contributed by atoms with Crippen molar-refractivity contribution in [1.29, 1.82) is 0 Å². The van der Waals surface area contributed by atoms with E-state index >= 15 is 0 Å². The van der Waals surface area contributed by atoms with Crippen LogP contribution in [-0.2, 0) is 4.79 Å². The summed E-state index contributed by atoms with van der Waals surface area (Å²) in [6.07, 6.45) is 9.55. The molecule has 114 valence electrons. The van der Waals surface area contributed by atoms with Crippen molar-refractivity contribution in [3.05, 3.63) is 0 Å². The van der Waals surface area contributed by atoms with E-state index < -0.39 is 0 Å². The minimum absolute atomic E-state index is 0.189. The van der Waals surface area contributed by atoms with Crippen molar-refractivity contribution in [1.82, 2.24) is 10.2 Å². The molecule has 3 fully saturated rings. The van der Waals surface area contributed by atoms with Gasteiger partial charge in [-0.3, -0.25) is 10.1 Å². The average Bonchev–Trinajstić information content (AvgIpc) is 3.08. The van der Waals surface area contributed by atoms with Gasteiger partial charge in [0.15, 0.2) is 0 Å². The topological polar surface area (TPSA) is 32.3 Å². The van der Waals surface area contributed by atoms with E-state index in [0.29, 0.717) is 24.0 Å². The van der Waals surface area contributed by atoms with Gasteiger partial charge in [-0.1, -0.05) is 40.0 Å². The first-order chi connectivity index (χ1) is 9.59. The molecule has 1 N–H and O–H groups in total. The Hall–Kier alpha value is -0.570. The van der Waals surface area contributed by atoms with Gasteiger partial charge in [0.2, 0.25) is 5.91 Å². The highest BCUT2D eigenvalue weighted by Gasteiger charge is 2.55. The first-order valence-electron chi connectivity index (χ1n) is 8.69. The zero-order valence-corrected chi connectivity index (χ0v) is 13.3. The molecule has 0 radical (unpaired) electrons. The van der Waals surface area contributed by atoms with Gasteiger partial charge in [-0.2, -0.15) is 0 Å². The number of rotatable bonds is 3. The molecule has 3 nitrogen and oxygen atoms in total. The molecule has 1 heterocycles. The Morgan fingerprint density at radius 2 is 1.95 bits per heavy atom. The second-order valence-corrected chi connectivity index (χ2v) is 7.43. The molecule has 2 saturated carbocycles. The Morgan fingerprint density at radius 1 is 1.25 bits per heavy atom. The third-order valence-electron chi connectivity index (χ3n) is 6.22. The molecule has 4 unspecified atom stereocenters. The van der Waals surface area contributed by atoms with Gasteiger partial charge in [-0.15, -0.1) is 0 Å². The quantitative estimate of drug-likeness (QED) is 0.859. The Labute approximate surface area is 123 Å². The third kappa shape index (κ3) is 2.09. The van der Waals surface area contributed by atoms with Crippen LogP contribution in [0, 0.1) is 11.8 Å². The van der Waals surface area contributed by atoms with Crippen molar-refractivity contribution in [2.75, 3.05) is 0 Å². The summed E-state index contributed by atoms with van der Waals surface area (Å²) in [6.45, 7) is 6.92. The van der Waals surface area contributed by atoms with E-state index in [1.54, 1.807) is 0 Å². The summed E-state index contributed by atoms with van der Waals surface area (Å²) in [4.78, 5) is 15.4. The zero-order valence-electron chi connectivity index (χ0n) is 13.3. The first kappa shape index (κ1) is 14.4. The molecule has 1 saturated heterocycles. The van der Waals surface area contributed by atoms with E-state index in [9.17, 15) is 4.79 Å². The Bertz CT molecular complexity index is 375. The summed E-state index contributed by atoms with van der Waals surface area (Å²) in [5.74, 6) is 1.84. The van der Waals surface area contributed by atoms with Crippen molar-refractivity contribution in [2.24, 2.45) is 11.8 Å². The highest BCUT2D eigenvalue weighted by Crippen LogP contribution is 2.43. The van der Waals surface area contributed by atoms with Crippen molar-refractivity contribution in [3.63, 3.8) is 0 Å². The summed E-state index contributed by atoms with van der Waals surface area (Å²) in [7, 11) is 0. The van der Waals surface area contributed by atoms with E-state index in [2.05, 4.69) is 31.0 Å². The molecule has 4 atom stereocenters. The SMILES string of the molecule is CCCC1NC2(CCCC2)C(=O)N1C1CCC(C)C1C. The van der Waals surface area contributed by atoms with Gasteiger partial charge < -0.3 is 4.90 Å². The molecule has 0 aromatic heterocycles. The van der Waals surface area contributed by atoms with Gasteiger partial charge in [-0.05, 0) is 43.9 Å². The Kier molecular flexibility index (Phi) is 3.83. The zero-order chi connectivity index (χ0) is 14.3. The lowest BCUT2D eigenvalue weighted by molar-refractivity contribution is -0.136. The van der Waals surface area contributed by atoms with Crippen LogP contribution in [0.5, 0.6) is 0 Å². The second kappa shape index (κ2) is 5.32. The molecule has 1 aliphatic heterocycles.